The zero-order valence-electron chi connectivity index (χ0n) is 28.4. The third-order valence-electron chi connectivity index (χ3n) is 8.74. The number of rotatable bonds is 5. The van der Waals surface area contributed by atoms with Gasteiger partial charge in [-0.1, -0.05) is 37.4 Å². The van der Waals surface area contributed by atoms with Gasteiger partial charge in [-0.3, -0.25) is 4.79 Å². The molecule has 0 atom stereocenters. The predicted octanol–water partition coefficient (Wildman–Crippen LogP) is 10.4. The van der Waals surface area contributed by atoms with Crippen LogP contribution in [0.5, 0.6) is 0 Å². The number of ketones is 1. The van der Waals surface area contributed by atoms with E-state index in [2.05, 4.69) is 130 Å². The Balaban J connectivity index is 0.000000542. The van der Waals surface area contributed by atoms with Gasteiger partial charge in [0, 0.05) is 26.2 Å². The molecule has 0 amide bonds. The number of pyridine rings is 1. The fourth-order valence-corrected chi connectivity index (χ4v) is 8.90. The van der Waals surface area contributed by atoms with E-state index >= 15 is 0 Å². The van der Waals surface area contributed by atoms with E-state index in [-0.39, 0.29) is 37.1 Å². The van der Waals surface area contributed by atoms with Crippen LogP contribution in [0.1, 0.15) is 64.2 Å². The van der Waals surface area contributed by atoms with Gasteiger partial charge in [-0.2, -0.15) is 0 Å². The molecule has 6 rings (SSSR count). The molecule has 3 nitrogen and oxygen atoms in total. The zero-order valence-corrected chi connectivity index (χ0v) is 32.9. The van der Waals surface area contributed by atoms with Gasteiger partial charge in [-0.15, -0.1) is 17.0 Å². The molecule has 0 saturated heterocycles. The van der Waals surface area contributed by atoms with Gasteiger partial charge in [-0.25, -0.2) is 0 Å². The second kappa shape index (κ2) is 13.8. The van der Waals surface area contributed by atoms with Crippen molar-refractivity contribution in [3.63, 3.8) is 0 Å². The first-order chi connectivity index (χ1) is 21.2. The molecule has 0 fully saturated rings. The van der Waals surface area contributed by atoms with Crippen molar-refractivity contribution >= 4 is 34.2 Å². The number of nitrogens with zero attached hydrogens (tertiary/aromatic N) is 1. The first kappa shape index (κ1) is 35.5. The molecule has 1 N–H and O–H groups in total. The summed E-state index contributed by atoms with van der Waals surface area (Å²) in [5.41, 5.74) is 11.2. The normalized spacial score (nSPS) is 13.4. The Bertz CT molecular complexity index is 1930. The maximum atomic E-state index is 10.0. The Morgan fingerprint density at radius 1 is 0.891 bits per heavy atom. The van der Waals surface area contributed by atoms with E-state index < -0.39 is 13.3 Å². The number of benzene rings is 4. The van der Waals surface area contributed by atoms with E-state index in [4.69, 9.17) is 10.1 Å². The Labute approximate surface area is 290 Å². The molecule has 46 heavy (non-hydrogen) atoms. The first-order valence-corrected chi connectivity index (χ1v) is 23.1. The summed E-state index contributed by atoms with van der Waals surface area (Å²) in [6, 6.07) is 33.2. The minimum absolute atomic E-state index is 0. The Hall–Kier alpha value is -3.31. The molecule has 239 valence electrons. The predicted molar refractivity (Wildman–Crippen MR) is 193 cm³/mol. The standard InChI is InChI=1S/C36H36GeN.C5H8O2.Ir/c1-23(2)32-21-27(20-26-10-8-9-11-29(26)32)35-34-31(18-19-38-35)30-17-14-25(22-33(30)36(34,3)4)24-12-15-28(16-13-24)37(5,6)7;1-4(6)3-5(2)7;/h8-19,21-23H,1-7H3;3,6H,1-2H3;/q-1;;/b;4-3-;. The van der Waals surface area contributed by atoms with Gasteiger partial charge in [0.1, 0.15) is 0 Å². The monoisotopic (exact) mass is 849 g/mol. The number of fused-ring (bicyclic) bond motifs is 4. The van der Waals surface area contributed by atoms with Crippen molar-refractivity contribution in [2.45, 2.75) is 70.1 Å². The van der Waals surface area contributed by atoms with Crippen LogP contribution in [0.4, 0.5) is 0 Å². The molecule has 5 aromatic rings. The average Bonchev–Trinajstić information content (AvgIpc) is 3.22. The third-order valence-corrected chi connectivity index (χ3v) is 13.1. The topological polar surface area (TPSA) is 50.2 Å². The molecule has 1 aromatic heterocycles. The van der Waals surface area contributed by atoms with Gasteiger partial charge in [-0.05, 0) is 19.8 Å². The number of carbonyl (C=O) groups excluding carboxylic acids is 1. The van der Waals surface area contributed by atoms with E-state index in [0.717, 1.165) is 16.6 Å². The van der Waals surface area contributed by atoms with Crippen molar-refractivity contribution in [2.24, 2.45) is 0 Å². The summed E-state index contributed by atoms with van der Waals surface area (Å²) in [4.78, 5) is 15.0. The molecule has 0 spiro atoms. The van der Waals surface area contributed by atoms with E-state index in [9.17, 15) is 4.79 Å². The first-order valence-electron chi connectivity index (χ1n) is 15.8. The minimum atomic E-state index is -1.83. The zero-order chi connectivity index (χ0) is 32.7. The maximum absolute atomic E-state index is 10.0. The van der Waals surface area contributed by atoms with Gasteiger partial charge in [0.2, 0.25) is 0 Å². The van der Waals surface area contributed by atoms with Crippen LogP contribution in [-0.4, -0.2) is 29.1 Å². The average molecular weight is 848 g/mol. The van der Waals surface area contributed by atoms with Crippen LogP contribution < -0.4 is 4.40 Å². The van der Waals surface area contributed by atoms with Crippen molar-refractivity contribution < 1.29 is 30.0 Å². The molecule has 0 aliphatic heterocycles. The summed E-state index contributed by atoms with van der Waals surface area (Å²) in [5.74, 6) is 7.71. The summed E-state index contributed by atoms with van der Waals surface area (Å²) in [6.45, 7) is 12.1. The minimum Gasteiger partial charge on any atom is -0.118 e. The molecule has 0 unspecified atom stereocenters. The second-order valence-electron chi connectivity index (χ2n) is 14.0. The number of carbonyl (C=O) groups is 1. The van der Waals surface area contributed by atoms with Crippen LogP contribution in [0.3, 0.4) is 0 Å². The van der Waals surface area contributed by atoms with Crippen LogP contribution >= 0.6 is 0 Å². The summed E-state index contributed by atoms with van der Waals surface area (Å²) in [7, 11) is 0. The number of aliphatic hydroxyl groups is 1. The quantitative estimate of drug-likeness (QED) is 0.0830. The summed E-state index contributed by atoms with van der Waals surface area (Å²) >= 11 is -1.83. The van der Waals surface area contributed by atoms with Crippen molar-refractivity contribution in [1.29, 1.82) is 0 Å². The van der Waals surface area contributed by atoms with Gasteiger partial charge < -0.3 is 5.11 Å². The second-order valence-corrected chi connectivity index (χ2v) is 24.7. The fourth-order valence-electron chi connectivity index (χ4n) is 6.45. The molecule has 1 radical (unpaired) electrons. The van der Waals surface area contributed by atoms with Crippen molar-refractivity contribution in [2.75, 3.05) is 0 Å². The molecule has 4 aromatic carbocycles. The molecular formula is C41H44GeIrNO2-. The third kappa shape index (κ3) is 7.15. The van der Waals surface area contributed by atoms with Crippen molar-refractivity contribution in [3.05, 3.63) is 120 Å². The van der Waals surface area contributed by atoms with Crippen LogP contribution in [0.15, 0.2) is 96.9 Å². The van der Waals surface area contributed by atoms with Crippen molar-refractivity contribution in [1.82, 2.24) is 4.98 Å². The summed E-state index contributed by atoms with van der Waals surface area (Å²) < 4.78 is 1.55. The Morgan fingerprint density at radius 2 is 1.54 bits per heavy atom. The smallest absolute Gasteiger partial charge is 0.118 e. The molecule has 1 aliphatic rings. The molecule has 1 heterocycles. The van der Waals surface area contributed by atoms with Gasteiger partial charge in [0.15, 0.2) is 5.78 Å². The number of allylic oxidation sites excluding steroid dienone is 2. The molecule has 0 bridgehead atoms. The molecular weight excluding hydrogens is 803 g/mol. The molecule has 0 saturated carbocycles. The molecule has 1 aliphatic carbocycles. The fraction of sp³-hybridized carbons (Fsp3) is 0.268. The van der Waals surface area contributed by atoms with Crippen molar-refractivity contribution in [3.8, 4) is 33.5 Å². The van der Waals surface area contributed by atoms with E-state index in [1.165, 1.54) is 64.3 Å². The SMILES string of the molecule is CC(=O)/C=C(/C)O.CC(C)c1cc(-c2nccc3c2C(C)(C)c2cc(-c4cc[c]([Ge]([CH3])([CH3])[CH3])cc4)ccc2-3)[c-]c2ccccc12.[Ir]. The number of hydrogen-bond donors (Lipinski definition) is 1. The number of aliphatic hydroxyl groups excluding tert-OH is 1. The van der Waals surface area contributed by atoms with Gasteiger partial charge in [0.05, 0.1) is 5.76 Å². The van der Waals surface area contributed by atoms with Crippen LogP contribution in [0, 0.1) is 6.07 Å². The van der Waals surface area contributed by atoms with E-state index in [1.807, 2.05) is 6.20 Å². The summed E-state index contributed by atoms with van der Waals surface area (Å²) in [6.07, 6.45) is 3.14. The Kier molecular flexibility index (Phi) is 10.7. The number of aromatic nitrogens is 1. The number of hydrogen-bond acceptors (Lipinski definition) is 3. The van der Waals surface area contributed by atoms with Crippen LogP contribution in [0.25, 0.3) is 44.3 Å². The van der Waals surface area contributed by atoms with Crippen LogP contribution in [-0.2, 0) is 30.3 Å². The summed E-state index contributed by atoms with van der Waals surface area (Å²) in [5, 5.41) is 10.8. The van der Waals surface area contributed by atoms with E-state index in [1.54, 1.807) is 4.40 Å². The Morgan fingerprint density at radius 3 is 2.13 bits per heavy atom. The van der Waals surface area contributed by atoms with E-state index in [0.29, 0.717) is 5.92 Å². The van der Waals surface area contributed by atoms with Gasteiger partial charge >= 0.3 is 171 Å². The van der Waals surface area contributed by atoms with Gasteiger partial charge in [0.25, 0.3) is 0 Å². The van der Waals surface area contributed by atoms with Crippen LogP contribution in [0.2, 0.25) is 17.3 Å². The molecule has 5 heteroatoms.